The van der Waals surface area contributed by atoms with Crippen molar-refractivity contribution in [2.75, 3.05) is 31.5 Å². The Hall–Kier alpha value is -2.42. The number of hydrogen-bond donors (Lipinski definition) is 1. The zero-order valence-corrected chi connectivity index (χ0v) is 15.2. The summed E-state index contributed by atoms with van der Waals surface area (Å²) in [6.07, 6.45) is 0. The summed E-state index contributed by atoms with van der Waals surface area (Å²) >= 11 is 5.58. The molecule has 0 aliphatic carbocycles. The van der Waals surface area contributed by atoms with Crippen LogP contribution in [0.5, 0.6) is 0 Å². The molecule has 128 valence electrons. The van der Waals surface area contributed by atoms with Crippen LogP contribution in [-0.2, 0) is 6.54 Å². The molecule has 1 aliphatic rings. The Bertz CT molecular complexity index is 771. The normalized spacial score (nSPS) is 14.8. The van der Waals surface area contributed by atoms with Gasteiger partial charge in [-0.25, -0.2) is 0 Å². The molecule has 1 heterocycles. The van der Waals surface area contributed by atoms with Gasteiger partial charge in [0.25, 0.3) is 0 Å². The summed E-state index contributed by atoms with van der Waals surface area (Å²) in [7, 11) is 0. The average Bonchev–Trinajstić information content (AvgIpc) is 2.65. The predicted octanol–water partition coefficient (Wildman–Crippen LogP) is 3.38. The van der Waals surface area contributed by atoms with Crippen LogP contribution in [0, 0.1) is 18.3 Å². The van der Waals surface area contributed by atoms with Gasteiger partial charge in [0.05, 0.1) is 11.6 Å². The van der Waals surface area contributed by atoms with Crippen molar-refractivity contribution in [3.63, 3.8) is 0 Å². The minimum atomic E-state index is 0.709. The number of hydrogen-bond acceptors (Lipinski definition) is 3. The van der Waals surface area contributed by atoms with Crippen molar-refractivity contribution >= 4 is 23.0 Å². The standard InChI is InChI=1S/C20H22N4S/c1-16-4-2-3-5-19(16)22-20(25)24-12-10-23(11-13-24)15-18-8-6-17(14-21)7-9-18/h2-9H,10-13,15H2,1H3,(H,22,25). The number of rotatable bonds is 3. The summed E-state index contributed by atoms with van der Waals surface area (Å²) < 4.78 is 0. The van der Waals surface area contributed by atoms with E-state index in [9.17, 15) is 0 Å². The van der Waals surface area contributed by atoms with E-state index >= 15 is 0 Å². The predicted molar refractivity (Wildman–Crippen MR) is 105 cm³/mol. The number of aryl methyl sites for hydroxylation is 1. The van der Waals surface area contributed by atoms with Crippen molar-refractivity contribution in [1.82, 2.24) is 9.80 Å². The van der Waals surface area contributed by atoms with Crippen molar-refractivity contribution in [2.24, 2.45) is 0 Å². The fraction of sp³-hybridized carbons (Fsp3) is 0.300. The molecule has 2 aromatic carbocycles. The number of para-hydroxylation sites is 1. The zero-order valence-electron chi connectivity index (χ0n) is 14.4. The summed E-state index contributed by atoms with van der Waals surface area (Å²) in [6.45, 7) is 6.81. The number of nitrogens with zero attached hydrogens (tertiary/aromatic N) is 3. The number of nitriles is 1. The van der Waals surface area contributed by atoms with Gasteiger partial charge in [0.2, 0.25) is 0 Å². The number of anilines is 1. The third-order valence-corrected chi connectivity index (χ3v) is 4.90. The molecule has 0 amide bonds. The van der Waals surface area contributed by atoms with Gasteiger partial charge in [-0.3, -0.25) is 4.90 Å². The van der Waals surface area contributed by atoms with Gasteiger partial charge in [0, 0.05) is 38.4 Å². The number of benzene rings is 2. The fourth-order valence-electron chi connectivity index (χ4n) is 2.96. The van der Waals surface area contributed by atoms with Gasteiger partial charge in [0.15, 0.2) is 5.11 Å². The van der Waals surface area contributed by atoms with E-state index in [0.29, 0.717) is 5.56 Å². The van der Waals surface area contributed by atoms with Crippen LogP contribution in [0.1, 0.15) is 16.7 Å². The van der Waals surface area contributed by atoms with Crippen molar-refractivity contribution in [3.05, 3.63) is 65.2 Å². The molecule has 0 unspecified atom stereocenters. The molecule has 1 N–H and O–H groups in total. The van der Waals surface area contributed by atoms with Gasteiger partial charge >= 0.3 is 0 Å². The highest BCUT2D eigenvalue weighted by Crippen LogP contribution is 2.15. The lowest BCUT2D eigenvalue weighted by molar-refractivity contribution is 0.177. The first-order valence-corrected chi connectivity index (χ1v) is 8.89. The molecule has 0 radical (unpaired) electrons. The van der Waals surface area contributed by atoms with Crippen LogP contribution in [-0.4, -0.2) is 41.1 Å². The van der Waals surface area contributed by atoms with Gasteiger partial charge in [-0.1, -0.05) is 30.3 Å². The van der Waals surface area contributed by atoms with Crippen LogP contribution in [0.4, 0.5) is 5.69 Å². The SMILES string of the molecule is Cc1ccccc1NC(=S)N1CCN(Cc2ccc(C#N)cc2)CC1. The largest absolute Gasteiger partial charge is 0.346 e. The third kappa shape index (κ3) is 4.56. The first kappa shape index (κ1) is 17.4. The Labute approximate surface area is 154 Å². The van der Waals surface area contributed by atoms with Gasteiger partial charge < -0.3 is 10.2 Å². The van der Waals surface area contributed by atoms with Crippen molar-refractivity contribution in [3.8, 4) is 6.07 Å². The molecule has 0 spiro atoms. The van der Waals surface area contributed by atoms with E-state index < -0.39 is 0 Å². The molecule has 1 saturated heterocycles. The highest BCUT2D eigenvalue weighted by Gasteiger charge is 2.19. The van der Waals surface area contributed by atoms with E-state index in [1.165, 1.54) is 11.1 Å². The molecule has 1 fully saturated rings. The van der Waals surface area contributed by atoms with E-state index in [2.05, 4.69) is 40.2 Å². The van der Waals surface area contributed by atoms with Crippen molar-refractivity contribution < 1.29 is 0 Å². The molecule has 0 atom stereocenters. The molecule has 0 saturated carbocycles. The van der Waals surface area contributed by atoms with Gasteiger partial charge in [-0.15, -0.1) is 0 Å². The van der Waals surface area contributed by atoms with Crippen LogP contribution in [0.2, 0.25) is 0 Å². The molecule has 0 aromatic heterocycles. The lowest BCUT2D eigenvalue weighted by Crippen LogP contribution is -2.49. The molecular formula is C20H22N4S. The second-order valence-electron chi connectivity index (χ2n) is 6.32. The smallest absolute Gasteiger partial charge is 0.173 e. The van der Waals surface area contributed by atoms with Crippen molar-refractivity contribution in [1.29, 1.82) is 5.26 Å². The Balaban J connectivity index is 1.50. The first-order valence-electron chi connectivity index (χ1n) is 8.48. The number of piperazine rings is 1. The minimum absolute atomic E-state index is 0.709. The molecule has 25 heavy (non-hydrogen) atoms. The van der Waals surface area contributed by atoms with E-state index in [0.717, 1.165) is 43.5 Å². The number of thiocarbonyl (C=S) groups is 1. The van der Waals surface area contributed by atoms with Crippen LogP contribution >= 0.6 is 12.2 Å². The lowest BCUT2D eigenvalue weighted by Gasteiger charge is -2.36. The molecular weight excluding hydrogens is 328 g/mol. The van der Waals surface area contributed by atoms with Crippen LogP contribution in [0.25, 0.3) is 0 Å². The summed E-state index contributed by atoms with van der Waals surface area (Å²) in [5, 5.41) is 13.0. The van der Waals surface area contributed by atoms with Gasteiger partial charge in [-0.05, 0) is 48.5 Å². The maximum Gasteiger partial charge on any atom is 0.173 e. The molecule has 4 nitrogen and oxygen atoms in total. The summed E-state index contributed by atoms with van der Waals surface area (Å²) in [5.41, 5.74) is 4.23. The minimum Gasteiger partial charge on any atom is -0.346 e. The maximum absolute atomic E-state index is 8.87. The lowest BCUT2D eigenvalue weighted by atomic mass is 10.1. The highest BCUT2D eigenvalue weighted by atomic mass is 32.1. The molecule has 0 bridgehead atoms. The summed E-state index contributed by atoms with van der Waals surface area (Å²) in [6, 6.07) is 18.2. The zero-order chi connectivity index (χ0) is 17.6. The Kier molecular flexibility index (Phi) is 5.64. The Morgan fingerprint density at radius 3 is 2.40 bits per heavy atom. The van der Waals surface area contributed by atoms with Gasteiger partial charge in [-0.2, -0.15) is 5.26 Å². The summed E-state index contributed by atoms with van der Waals surface area (Å²) in [5.74, 6) is 0. The van der Waals surface area contributed by atoms with E-state index in [1.807, 2.05) is 36.4 Å². The molecule has 2 aromatic rings. The van der Waals surface area contributed by atoms with E-state index in [4.69, 9.17) is 17.5 Å². The molecule has 5 heteroatoms. The second kappa shape index (κ2) is 8.11. The first-order chi connectivity index (χ1) is 12.2. The topological polar surface area (TPSA) is 42.3 Å². The van der Waals surface area contributed by atoms with Crippen molar-refractivity contribution in [2.45, 2.75) is 13.5 Å². The quantitative estimate of drug-likeness (QED) is 0.860. The molecule has 3 rings (SSSR count). The fourth-order valence-corrected chi connectivity index (χ4v) is 3.25. The van der Waals surface area contributed by atoms with E-state index in [-0.39, 0.29) is 0 Å². The Morgan fingerprint density at radius 1 is 1.08 bits per heavy atom. The second-order valence-corrected chi connectivity index (χ2v) is 6.70. The highest BCUT2D eigenvalue weighted by molar-refractivity contribution is 7.80. The van der Waals surface area contributed by atoms with Crippen LogP contribution in [0.3, 0.4) is 0 Å². The molecule has 1 aliphatic heterocycles. The van der Waals surface area contributed by atoms with E-state index in [1.54, 1.807) is 0 Å². The third-order valence-electron chi connectivity index (χ3n) is 4.54. The number of nitrogens with one attached hydrogen (secondary N) is 1. The Morgan fingerprint density at radius 2 is 1.76 bits per heavy atom. The van der Waals surface area contributed by atoms with Gasteiger partial charge in [0.1, 0.15) is 0 Å². The maximum atomic E-state index is 8.87. The van der Waals surface area contributed by atoms with Crippen LogP contribution < -0.4 is 5.32 Å². The monoisotopic (exact) mass is 350 g/mol. The average molecular weight is 350 g/mol. The summed E-state index contributed by atoms with van der Waals surface area (Å²) in [4.78, 5) is 4.66. The van der Waals surface area contributed by atoms with Crippen LogP contribution in [0.15, 0.2) is 48.5 Å².